The molecule has 0 aliphatic carbocycles. The van der Waals surface area contributed by atoms with E-state index in [9.17, 15) is 14.7 Å². The molecule has 2 fully saturated rings. The van der Waals surface area contributed by atoms with Crippen molar-refractivity contribution in [1.82, 2.24) is 15.2 Å². The van der Waals surface area contributed by atoms with Gasteiger partial charge in [-0.2, -0.15) is 0 Å². The number of carbonyl (C=O) groups is 2. The second kappa shape index (κ2) is 5.63. The number of piperidine rings is 2. The van der Waals surface area contributed by atoms with Gasteiger partial charge in [-0.05, 0) is 31.4 Å². The molecule has 1 aromatic heterocycles. The summed E-state index contributed by atoms with van der Waals surface area (Å²) in [5.74, 6) is -0.218. The molecule has 1 spiro atoms. The normalized spacial score (nSPS) is 27.5. The number of likely N-dealkylation sites (tertiary alicyclic amines) is 1. The van der Waals surface area contributed by atoms with Gasteiger partial charge in [0.15, 0.2) is 0 Å². The fourth-order valence-electron chi connectivity index (χ4n) is 4.05. The van der Waals surface area contributed by atoms with Crippen LogP contribution in [0.2, 0.25) is 0 Å². The highest BCUT2D eigenvalue weighted by Gasteiger charge is 2.50. The Balaban J connectivity index is 1.66. The molecule has 0 saturated carbocycles. The Bertz CT molecular complexity index is 800. The van der Waals surface area contributed by atoms with Gasteiger partial charge in [-0.25, -0.2) is 0 Å². The van der Waals surface area contributed by atoms with Crippen molar-refractivity contribution in [2.24, 2.45) is 5.41 Å². The minimum Gasteiger partial charge on any atom is -0.392 e. The number of aromatic nitrogens is 1. The van der Waals surface area contributed by atoms with Gasteiger partial charge in [0.1, 0.15) is 0 Å². The lowest BCUT2D eigenvalue weighted by molar-refractivity contribution is -0.147. The number of nitrogens with zero attached hydrogens (tertiary/aromatic N) is 1. The zero-order valence-electron chi connectivity index (χ0n) is 13.4. The summed E-state index contributed by atoms with van der Waals surface area (Å²) in [7, 11) is 0. The quantitative estimate of drug-likeness (QED) is 0.737. The van der Waals surface area contributed by atoms with E-state index < -0.39 is 11.5 Å². The molecule has 2 atom stereocenters. The third-order valence-corrected chi connectivity index (χ3v) is 5.43. The number of benzene rings is 1. The third-order valence-electron chi connectivity index (χ3n) is 5.43. The van der Waals surface area contributed by atoms with Crippen LogP contribution in [0.4, 0.5) is 0 Å². The lowest BCUT2D eigenvalue weighted by Gasteiger charge is -2.46. The number of aromatic amines is 1. The summed E-state index contributed by atoms with van der Waals surface area (Å²) in [4.78, 5) is 30.3. The molecule has 6 nitrogen and oxygen atoms in total. The second-order valence-corrected chi connectivity index (χ2v) is 6.79. The zero-order valence-corrected chi connectivity index (χ0v) is 13.4. The lowest BCUT2D eigenvalue weighted by atomic mass is 9.71. The van der Waals surface area contributed by atoms with Crippen LogP contribution in [0.15, 0.2) is 30.5 Å². The second-order valence-electron chi connectivity index (χ2n) is 6.79. The standard InChI is InChI=1S/C18H21N3O3/c22-14-6-10-21(11-18(14)7-2-8-20-17(18)24)16(23)13-4-1-3-12-5-9-19-15(12)13/h1,3-5,9,14,19,22H,2,6-8,10-11H2,(H,20,24)/t14-,18+/m0/s1. The molecule has 126 valence electrons. The van der Waals surface area contributed by atoms with Crippen LogP contribution in [0.25, 0.3) is 10.9 Å². The predicted molar refractivity (Wildman–Crippen MR) is 89.5 cm³/mol. The number of hydrogen-bond donors (Lipinski definition) is 3. The van der Waals surface area contributed by atoms with E-state index in [2.05, 4.69) is 10.3 Å². The third kappa shape index (κ3) is 2.21. The van der Waals surface area contributed by atoms with Gasteiger partial charge in [0, 0.05) is 31.2 Å². The maximum atomic E-state index is 13.0. The van der Waals surface area contributed by atoms with Crippen molar-refractivity contribution in [3.8, 4) is 0 Å². The Kier molecular flexibility index (Phi) is 3.57. The molecular formula is C18H21N3O3. The van der Waals surface area contributed by atoms with Crippen molar-refractivity contribution in [3.05, 3.63) is 36.0 Å². The number of fused-ring (bicyclic) bond motifs is 1. The molecule has 2 amide bonds. The van der Waals surface area contributed by atoms with E-state index in [-0.39, 0.29) is 18.4 Å². The first kappa shape index (κ1) is 15.2. The average molecular weight is 327 g/mol. The molecule has 2 aromatic rings. The molecule has 0 unspecified atom stereocenters. The minimum absolute atomic E-state index is 0.0901. The van der Waals surface area contributed by atoms with Crippen LogP contribution in [0, 0.1) is 5.41 Å². The van der Waals surface area contributed by atoms with Crippen LogP contribution in [0.5, 0.6) is 0 Å². The highest BCUT2D eigenvalue weighted by molar-refractivity contribution is 6.06. The van der Waals surface area contributed by atoms with Gasteiger partial charge < -0.3 is 20.3 Å². The fraction of sp³-hybridized carbons (Fsp3) is 0.444. The topological polar surface area (TPSA) is 85.4 Å². The van der Waals surface area contributed by atoms with Crippen LogP contribution >= 0.6 is 0 Å². The van der Waals surface area contributed by atoms with Crippen LogP contribution in [0.1, 0.15) is 29.6 Å². The van der Waals surface area contributed by atoms with Crippen LogP contribution < -0.4 is 5.32 Å². The molecule has 3 N–H and O–H groups in total. The molecular weight excluding hydrogens is 306 g/mol. The zero-order chi connectivity index (χ0) is 16.7. The number of amides is 2. The van der Waals surface area contributed by atoms with E-state index in [1.54, 1.807) is 11.0 Å². The summed E-state index contributed by atoms with van der Waals surface area (Å²) in [6.07, 6.45) is 3.01. The van der Waals surface area contributed by atoms with Gasteiger partial charge in [-0.1, -0.05) is 12.1 Å². The molecule has 2 saturated heterocycles. The van der Waals surface area contributed by atoms with Crippen molar-refractivity contribution in [2.75, 3.05) is 19.6 Å². The SMILES string of the molecule is O=C(c1cccc2cc[nH]c12)N1CC[C@H](O)[C@@]2(CCCNC2=O)C1. The summed E-state index contributed by atoms with van der Waals surface area (Å²) in [6, 6.07) is 7.56. The summed E-state index contributed by atoms with van der Waals surface area (Å²) in [6.45, 7) is 1.38. The van der Waals surface area contributed by atoms with E-state index in [1.165, 1.54) is 0 Å². The van der Waals surface area contributed by atoms with Gasteiger partial charge in [0.2, 0.25) is 5.91 Å². The minimum atomic E-state index is -0.865. The van der Waals surface area contributed by atoms with Gasteiger partial charge in [-0.15, -0.1) is 0 Å². The highest BCUT2D eigenvalue weighted by Crippen LogP contribution is 2.38. The first-order valence-corrected chi connectivity index (χ1v) is 8.43. The average Bonchev–Trinajstić information content (AvgIpc) is 3.08. The number of hydrogen-bond acceptors (Lipinski definition) is 3. The van der Waals surface area contributed by atoms with E-state index in [1.807, 2.05) is 24.4 Å². The van der Waals surface area contributed by atoms with Crippen LogP contribution in [-0.2, 0) is 4.79 Å². The Labute approximate surface area is 139 Å². The Hall–Kier alpha value is -2.34. The molecule has 2 aliphatic heterocycles. The molecule has 2 aliphatic rings. The number of H-pyrrole nitrogens is 1. The van der Waals surface area contributed by atoms with E-state index in [0.717, 1.165) is 17.3 Å². The van der Waals surface area contributed by atoms with Crippen molar-refractivity contribution in [2.45, 2.75) is 25.4 Å². The van der Waals surface area contributed by atoms with Crippen LogP contribution in [-0.4, -0.2) is 52.5 Å². The number of carbonyl (C=O) groups excluding carboxylic acids is 2. The lowest BCUT2D eigenvalue weighted by Crippen LogP contribution is -2.62. The molecule has 3 heterocycles. The van der Waals surface area contributed by atoms with E-state index in [0.29, 0.717) is 31.5 Å². The van der Waals surface area contributed by atoms with Gasteiger partial charge in [-0.3, -0.25) is 9.59 Å². The molecule has 4 rings (SSSR count). The Morgan fingerprint density at radius 2 is 2.21 bits per heavy atom. The maximum absolute atomic E-state index is 13.0. The molecule has 1 aromatic carbocycles. The molecule has 6 heteroatoms. The maximum Gasteiger partial charge on any atom is 0.256 e. The first-order chi connectivity index (χ1) is 11.6. The number of para-hydroxylation sites is 1. The molecule has 0 bridgehead atoms. The van der Waals surface area contributed by atoms with Crippen molar-refractivity contribution in [3.63, 3.8) is 0 Å². The van der Waals surface area contributed by atoms with Gasteiger partial charge in [0.25, 0.3) is 5.91 Å². The highest BCUT2D eigenvalue weighted by atomic mass is 16.3. The van der Waals surface area contributed by atoms with Crippen molar-refractivity contribution < 1.29 is 14.7 Å². The Morgan fingerprint density at radius 1 is 1.33 bits per heavy atom. The van der Waals surface area contributed by atoms with Gasteiger partial charge >= 0.3 is 0 Å². The van der Waals surface area contributed by atoms with Crippen molar-refractivity contribution >= 4 is 22.7 Å². The van der Waals surface area contributed by atoms with Crippen LogP contribution in [0.3, 0.4) is 0 Å². The van der Waals surface area contributed by atoms with E-state index >= 15 is 0 Å². The van der Waals surface area contributed by atoms with Gasteiger partial charge in [0.05, 0.1) is 22.6 Å². The number of aliphatic hydroxyl groups is 1. The summed E-state index contributed by atoms with van der Waals surface area (Å²) in [5, 5.41) is 14.3. The molecule has 24 heavy (non-hydrogen) atoms. The molecule has 0 radical (unpaired) electrons. The number of aliphatic hydroxyl groups excluding tert-OH is 1. The number of nitrogens with one attached hydrogen (secondary N) is 2. The Morgan fingerprint density at radius 3 is 3.04 bits per heavy atom. The summed E-state index contributed by atoms with van der Waals surface area (Å²) < 4.78 is 0. The summed E-state index contributed by atoms with van der Waals surface area (Å²) >= 11 is 0. The smallest absolute Gasteiger partial charge is 0.256 e. The number of rotatable bonds is 1. The fourth-order valence-corrected chi connectivity index (χ4v) is 4.05. The largest absolute Gasteiger partial charge is 0.392 e. The monoisotopic (exact) mass is 327 g/mol. The first-order valence-electron chi connectivity index (χ1n) is 8.43. The van der Waals surface area contributed by atoms with Crippen molar-refractivity contribution in [1.29, 1.82) is 0 Å². The van der Waals surface area contributed by atoms with E-state index in [4.69, 9.17) is 0 Å². The predicted octanol–water partition coefficient (Wildman–Crippen LogP) is 1.27. The summed E-state index contributed by atoms with van der Waals surface area (Å²) in [5.41, 5.74) is 0.562.